The number of nitrogens with zero attached hydrogens (tertiary/aromatic N) is 3. The van der Waals surface area contributed by atoms with E-state index in [1.165, 1.54) is 72.3 Å². The van der Waals surface area contributed by atoms with Gasteiger partial charge < -0.3 is 4.57 Å². The fraction of sp³-hybridized carbons (Fsp3) is 0.302. The average Bonchev–Trinajstić information content (AvgIpc) is 3.91. The molecule has 0 aliphatic heterocycles. The molecular formula is C63H65N3. The maximum Gasteiger partial charge on any atom is 0.140 e. The quantitative estimate of drug-likeness (QED) is 0.173. The van der Waals surface area contributed by atoms with Gasteiger partial charge in [-0.1, -0.05) is 223 Å². The molecule has 2 aliphatic rings. The Labute approximate surface area is 394 Å². The molecular weight excluding hydrogens is 799 g/mol. The number of imidazole rings is 1. The van der Waals surface area contributed by atoms with E-state index in [1.54, 1.807) is 0 Å². The van der Waals surface area contributed by atoms with Crippen molar-refractivity contribution < 1.29 is 0 Å². The van der Waals surface area contributed by atoms with Gasteiger partial charge in [-0.3, -0.25) is 4.98 Å². The molecule has 66 heavy (non-hydrogen) atoms. The fourth-order valence-corrected chi connectivity index (χ4v) is 11.0. The Balaban J connectivity index is 1.37. The third-order valence-corrected chi connectivity index (χ3v) is 14.8. The van der Waals surface area contributed by atoms with E-state index in [0.29, 0.717) is 0 Å². The van der Waals surface area contributed by atoms with Gasteiger partial charge in [-0.05, 0) is 106 Å². The minimum Gasteiger partial charge on any atom is -0.334 e. The molecule has 3 nitrogen and oxygen atoms in total. The van der Waals surface area contributed by atoms with Crippen LogP contribution in [0.15, 0.2) is 158 Å². The third kappa shape index (κ3) is 6.59. The Hall–Kier alpha value is -6.32. The maximum absolute atomic E-state index is 6.26. The van der Waals surface area contributed by atoms with Crippen molar-refractivity contribution in [2.45, 2.75) is 116 Å². The van der Waals surface area contributed by atoms with Gasteiger partial charge in [-0.15, -0.1) is 0 Å². The summed E-state index contributed by atoms with van der Waals surface area (Å²) in [7, 11) is 2.14. The zero-order valence-corrected chi connectivity index (χ0v) is 41.4. The molecule has 0 spiro atoms. The lowest BCUT2D eigenvalue weighted by Crippen LogP contribution is -2.35. The molecule has 2 heterocycles. The number of pyridine rings is 1. The van der Waals surface area contributed by atoms with Gasteiger partial charge in [0.25, 0.3) is 0 Å². The predicted octanol–water partition coefficient (Wildman–Crippen LogP) is 15.4. The Kier molecular flexibility index (Phi) is 9.80. The fourth-order valence-electron chi connectivity index (χ4n) is 11.0. The van der Waals surface area contributed by atoms with Crippen molar-refractivity contribution in [3.8, 4) is 33.6 Å². The summed E-state index contributed by atoms with van der Waals surface area (Å²) in [5.74, 6) is 0.930. The molecule has 10 rings (SSSR count). The first kappa shape index (κ1) is 43.6. The van der Waals surface area contributed by atoms with E-state index >= 15 is 0 Å². The summed E-state index contributed by atoms with van der Waals surface area (Å²) in [5, 5.41) is 0. The Morgan fingerprint density at radius 2 is 0.727 bits per heavy atom. The van der Waals surface area contributed by atoms with Gasteiger partial charge in [0, 0.05) is 18.8 Å². The molecule has 0 atom stereocenters. The molecule has 2 aromatic heterocycles. The highest BCUT2D eigenvalue weighted by Gasteiger charge is 2.53. The second kappa shape index (κ2) is 14.8. The van der Waals surface area contributed by atoms with Crippen molar-refractivity contribution in [3.05, 3.63) is 225 Å². The molecule has 3 heteroatoms. The molecule has 2 aliphatic carbocycles. The number of benzene rings is 6. The second-order valence-electron chi connectivity index (χ2n) is 23.2. The highest BCUT2D eigenvalue weighted by molar-refractivity contribution is 5.88. The van der Waals surface area contributed by atoms with Crippen molar-refractivity contribution in [1.82, 2.24) is 14.5 Å². The van der Waals surface area contributed by atoms with Gasteiger partial charge in [0.05, 0.1) is 22.5 Å². The molecule has 0 saturated heterocycles. The number of rotatable bonds is 5. The molecule has 0 radical (unpaired) electrons. The first-order valence-corrected chi connectivity index (χ1v) is 23.9. The summed E-state index contributed by atoms with van der Waals surface area (Å²) in [5.41, 5.74) is 18.5. The topological polar surface area (TPSA) is 30.7 Å². The normalized spacial score (nSPS) is 15.0. The van der Waals surface area contributed by atoms with E-state index in [-0.39, 0.29) is 21.7 Å². The molecule has 6 aromatic carbocycles. The lowest BCUT2D eigenvalue weighted by Gasteiger charge is -2.37. The van der Waals surface area contributed by atoms with Crippen LogP contribution in [-0.4, -0.2) is 14.5 Å². The third-order valence-electron chi connectivity index (χ3n) is 14.8. The number of aryl methyl sites for hydroxylation is 1. The second-order valence-corrected chi connectivity index (χ2v) is 23.2. The Bertz CT molecular complexity index is 3040. The summed E-state index contributed by atoms with van der Waals surface area (Å²) in [6.45, 7) is 27.9. The van der Waals surface area contributed by atoms with Crippen LogP contribution in [0.25, 0.3) is 33.6 Å². The van der Waals surface area contributed by atoms with E-state index in [9.17, 15) is 0 Å². The summed E-state index contributed by atoms with van der Waals surface area (Å²) in [6, 6.07) is 57.5. The average molecular weight is 864 g/mol. The zero-order valence-electron chi connectivity index (χ0n) is 41.4. The highest BCUT2D eigenvalue weighted by Crippen LogP contribution is 2.60. The van der Waals surface area contributed by atoms with Crippen molar-refractivity contribution >= 4 is 0 Å². The van der Waals surface area contributed by atoms with Crippen LogP contribution in [0.2, 0.25) is 0 Å². The summed E-state index contributed by atoms with van der Waals surface area (Å²) in [6.07, 6.45) is 2.28. The van der Waals surface area contributed by atoms with Crippen molar-refractivity contribution in [3.63, 3.8) is 0 Å². The van der Waals surface area contributed by atoms with Gasteiger partial charge in [0.1, 0.15) is 11.2 Å². The van der Waals surface area contributed by atoms with Gasteiger partial charge in [0.2, 0.25) is 0 Å². The molecule has 0 amide bonds. The largest absolute Gasteiger partial charge is 0.334 e. The monoisotopic (exact) mass is 864 g/mol. The van der Waals surface area contributed by atoms with Crippen molar-refractivity contribution in [1.29, 1.82) is 0 Å². The first-order chi connectivity index (χ1) is 31.1. The Morgan fingerprint density at radius 1 is 0.364 bits per heavy atom. The van der Waals surface area contributed by atoms with Gasteiger partial charge >= 0.3 is 0 Å². The van der Waals surface area contributed by atoms with Gasteiger partial charge in [0.15, 0.2) is 0 Å². The van der Waals surface area contributed by atoms with E-state index in [4.69, 9.17) is 9.97 Å². The van der Waals surface area contributed by atoms with Crippen LogP contribution in [0.5, 0.6) is 0 Å². The van der Waals surface area contributed by atoms with E-state index < -0.39 is 10.8 Å². The van der Waals surface area contributed by atoms with Crippen molar-refractivity contribution in [2.24, 2.45) is 7.05 Å². The molecule has 8 aromatic rings. The number of aromatic nitrogens is 3. The molecule has 0 N–H and O–H groups in total. The standard InChI is InChI=1S/C63H65N3/c1-58(2,3)42-27-31-46-47-32-28-43(59(4,5)6)36-51(47)62(50(46)35-42,41-23-18-15-19-24-41)54-25-20-26-55(64-54)63(56-39-66(13)57(65-56)40-21-16-14-17-22-40)52-37-44(60(7,8)9)29-33-48(52)49-34-30-45(38-53(49)63)61(10,11)12/h14-39H,1-13H3. The summed E-state index contributed by atoms with van der Waals surface area (Å²) < 4.78 is 2.21. The van der Waals surface area contributed by atoms with E-state index in [2.05, 4.69) is 253 Å². The van der Waals surface area contributed by atoms with Gasteiger partial charge in [-0.2, -0.15) is 0 Å². The van der Waals surface area contributed by atoms with Crippen molar-refractivity contribution in [2.75, 3.05) is 0 Å². The minimum absolute atomic E-state index is 0.0651. The first-order valence-electron chi connectivity index (χ1n) is 23.9. The van der Waals surface area contributed by atoms with Crippen LogP contribution in [0.3, 0.4) is 0 Å². The molecule has 0 saturated carbocycles. The molecule has 332 valence electrons. The van der Waals surface area contributed by atoms with Crippen LogP contribution in [0, 0.1) is 0 Å². The van der Waals surface area contributed by atoms with Gasteiger partial charge in [-0.25, -0.2) is 4.98 Å². The minimum atomic E-state index is -0.864. The smallest absolute Gasteiger partial charge is 0.140 e. The number of hydrogen-bond acceptors (Lipinski definition) is 2. The van der Waals surface area contributed by atoms with Crippen LogP contribution in [-0.2, 0) is 39.5 Å². The highest BCUT2D eigenvalue weighted by atomic mass is 15.1. The molecule has 0 bridgehead atoms. The maximum atomic E-state index is 6.26. The molecule has 0 fully saturated rings. The zero-order chi connectivity index (χ0) is 46.8. The van der Waals surface area contributed by atoms with Crippen LogP contribution >= 0.6 is 0 Å². The Morgan fingerprint density at radius 3 is 1.12 bits per heavy atom. The van der Waals surface area contributed by atoms with Crippen LogP contribution in [0.1, 0.15) is 150 Å². The number of hydrogen-bond donors (Lipinski definition) is 0. The van der Waals surface area contributed by atoms with E-state index in [1.807, 2.05) is 0 Å². The van der Waals surface area contributed by atoms with Crippen LogP contribution in [0.4, 0.5) is 0 Å². The predicted molar refractivity (Wildman–Crippen MR) is 276 cm³/mol. The molecule has 0 unspecified atom stereocenters. The van der Waals surface area contributed by atoms with Crippen LogP contribution < -0.4 is 0 Å². The lowest BCUT2D eigenvalue weighted by atomic mass is 9.67. The van der Waals surface area contributed by atoms with E-state index in [0.717, 1.165) is 28.5 Å². The summed E-state index contributed by atoms with van der Waals surface area (Å²) >= 11 is 0. The number of fused-ring (bicyclic) bond motifs is 6. The summed E-state index contributed by atoms with van der Waals surface area (Å²) in [4.78, 5) is 12.0. The SMILES string of the molecule is Cn1cc(C2(c3cccc(C4(c5ccccc5)c5cc(C(C)(C)C)ccc5-c5ccc(C(C)(C)C)cc54)n3)c3cc(C(C)(C)C)ccc3-c3ccc(C(C)(C)C)cc32)nc1-c1ccccc1. The lowest BCUT2D eigenvalue weighted by molar-refractivity contribution is 0.583.